The predicted octanol–water partition coefficient (Wildman–Crippen LogP) is 3.19. The number of hydrogen-bond donors (Lipinski definition) is 1. The Bertz CT molecular complexity index is 382. The highest BCUT2D eigenvalue weighted by Crippen LogP contribution is 2.48. The maximum absolute atomic E-state index is 13.3. The first-order valence-corrected chi connectivity index (χ1v) is 5.02. The van der Waals surface area contributed by atoms with Gasteiger partial charge in [0, 0.05) is 0 Å². The van der Waals surface area contributed by atoms with E-state index >= 15 is 0 Å². The Morgan fingerprint density at radius 3 is 2.71 bits per heavy atom. The highest BCUT2D eigenvalue weighted by molar-refractivity contribution is 5.58. The van der Waals surface area contributed by atoms with Crippen LogP contribution in [-0.4, -0.2) is 0 Å². The molecule has 0 amide bonds. The summed E-state index contributed by atoms with van der Waals surface area (Å²) in [5.74, 6) is 0.0870. The van der Waals surface area contributed by atoms with Crippen LogP contribution in [0.1, 0.15) is 44.2 Å². The van der Waals surface area contributed by atoms with Crippen LogP contribution < -0.4 is 5.73 Å². The molecule has 0 aromatic heterocycles. The van der Waals surface area contributed by atoms with Crippen molar-refractivity contribution in [3.05, 3.63) is 29.1 Å². The van der Waals surface area contributed by atoms with Gasteiger partial charge in [-0.2, -0.15) is 0 Å². The number of benzene rings is 1. The van der Waals surface area contributed by atoms with E-state index in [0.717, 1.165) is 12.0 Å². The third-order valence-electron chi connectivity index (χ3n) is 3.27. The van der Waals surface area contributed by atoms with E-state index in [1.54, 1.807) is 0 Å². The summed E-state index contributed by atoms with van der Waals surface area (Å²) in [4.78, 5) is 0. The molecule has 2 heteroatoms. The zero-order chi connectivity index (χ0) is 10.5. The molecule has 0 fully saturated rings. The Balaban J connectivity index is 2.69. The minimum atomic E-state index is -0.284. The topological polar surface area (TPSA) is 26.0 Å². The first kappa shape index (κ1) is 9.50. The van der Waals surface area contributed by atoms with Gasteiger partial charge in [-0.05, 0) is 34.9 Å². The van der Waals surface area contributed by atoms with Crippen molar-refractivity contribution in [2.24, 2.45) is 0 Å². The second-order valence-corrected chi connectivity index (χ2v) is 4.91. The number of anilines is 1. The van der Waals surface area contributed by atoms with Crippen molar-refractivity contribution >= 4 is 5.69 Å². The van der Waals surface area contributed by atoms with Crippen molar-refractivity contribution in [1.82, 2.24) is 0 Å². The van der Waals surface area contributed by atoms with Crippen LogP contribution in [-0.2, 0) is 5.41 Å². The summed E-state index contributed by atoms with van der Waals surface area (Å²) in [5, 5.41) is 0. The van der Waals surface area contributed by atoms with Crippen LogP contribution in [0.3, 0.4) is 0 Å². The van der Waals surface area contributed by atoms with Crippen LogP contribution in [0.4, 0.5) is 10.1 Å². The molecule has 0 saturated carbocycles. The number of rotatable bonds is 0. The lowest BCUT2D eigenvalue weighted by Crippen LogP contribution is -2.12. The lowest BCUT2D eigenvalue weighted by Gasteiger charge is -2.19. The zero-order valence-electron chi connectivity index (χ0n) is 8.89. The van der Waals surface area contributed by atoms with Crippen molar-refractivity contribution in [3.63, 3.8) is 0 Å². The number of hydrogen-bond acceptors (Lipinski definition) is 1. The van der Waals surface area contributed by atoms with E-state index in [1.807, 2.05) is 6.07 Å². The molecule has 0 radical (unpaired) electrons. The average Bonchev–Trinajstić information content (AvgIpc) is 2.29. The van der Waals surface area contributed by atoms with Crippen LogP contribution >= 0.6 is 0 Å². The molecular weight excluding hydrogens is 177 g/mol. The Morgan fingerprint density at radius 1 is 1.43 bits per heavy atom. The molecule has 1 aromatic carbocycles. The zero-order valence-corrected chi connectivity index (χ0v) is 8.89. The van der Waals surface area contributed by atoms with Crippen molar-refractivity contribution in [2.75, 3.05) is 5.73 Å². The van der Waals surface area contributed by atoms with Gasteiger partial charge in [-0.25, -0.2) is 4.39 Å². The van der Waals surface area contributed by atoms with Crippen LogP contribution in [0.2, 0.25) is 0 Å². The molecule has 0 spiro atoms. The predicted molar refractivity (Wildman–Crippen MR) is 56.9 cm³/mol. The summed E-state index contributed by atoms with van der Waals surface area (Å²) in [6, 6.07) is 3.36. The fourth-order valence-electron chi connectivity index (χ4n) is 2.71. The molecule has 1 aromatic rings. The molecule has 0 heterocycles. The second-order valence-electron chi connectivity index (χ2n) is 4.91. The van der Waals surface area contributed by atoms with Gasteiger partial charge in [-0.3, -0.25) is 0 Å². The van der Waals surface area contributed by atoms with Gasteiger partial charge in [0.05, 0.1) is 5.69 Å². The minimum absolute atomic E-state index is 0.135. The van der Waals surface area contributed by atoms with Crippen molar-refractivity contribution in [3.8, 4) is 0 Å². The van der Waals surface area contributed by atoms with E-state index in [-0.39, 0.29) is 11.2 Å². The number of halogens is 1. The van der Waals surface area contributed by atoms with E-state index in [2.05, 4.69) is 20.8 Å². The summed E-state index contributed by atoms with van der Waals surface area (Å²) in [7, 11) is 0. The molecule has 1 aliphatic carbocycles. The minimum Gasteiger partial charge on any atom is -0.396 e. The van der Waals surface area contributed by atoms with Crippen LogP contribution in [0.15, 0.2) is 12.1 Å². The fourth-order valence-corrected chi connectivity index (χ4v) is 2.71. The molecular formula is C12H16FN. The summed E-state index contributed by atoms with van der Waals surface area (Å²) in [5.41, 5.74) is 8.49. The van der Waals surface area contributed by atoms with Gasteiger partial charge in [-0.15, -0.1) is 0 Å². The summed E-state index contributed by atoms with van der Waals surface area (Å²) in [6.07, 6.45) is 1.05. The maximum atomic E-state index is 13.3. The van der Waals surface area contributed by atoms with Crippen LogP contribution in [0.5, 0.6) is 0 Å². The van der Waals surface area contributed by atoms with Gasteiger partial charge in [0.1, 0.15) is 5.82 Å². The molecule has 14 heavy (non-hydrogen) atoms. The largest absolute Gasteiger partial charge is 0.396 e. The highest BCUT2D eigenvalue weighted by atomic mass is 19.1. The quantitative estimate of drug-likeness (QED) is 0.629. The van der Waals surface area contributed by atoms with Crippen LogP contribution in [0.25, 0.3) is 0 Å². The molecule has 0 bridgehead atoms. The average molecular weight is 193 g/mol. The molecule has 1 unspecified atom stereocenters. The first-order chi connectivity index (χ1) is 6.43. The van der Waals surface area contributed by atoms with E-state index < -0.39 is 0 Å². The van der Waals surface area contributed by atoms with Crippen molar-refractivity contribution < 1.29 is 4.39 Å². The number of nitrogen functional groups attached to an aromatic ring is 1. The van der Waals surface area contributed by atoms with Gasteiger partial charge < -0.3 is 5.73 Å². The van der Waals surface area contributed by atoms with Gasteiger partial charge >= 0.3 is 0 Å². The normalized spacial score (nSPS) is 23.6. The first-order valence-electron chi connectivity index (χ1n) is 5.02. The third kappa shape index (κ3) is 1.13. The fraction of sp³-hybridized carbons (Fsp3) is 0.500. The molecule has 1 atom stereocenters. The van der Waals surface area contributed by atoms with Gasteiger partial charge in [0.15, 0.2) is 0 Å². The smallest absolute Gasteiger partial charge is 0.146 e. The highest BCUT2D eigenvalue weighted by Gasteiger charge is 2.36. The SMILES string of the molecule is CC1CC(C)(C)c2ccc(F)c(N)c21. The molecule has 0 saturated heterocycles. The second kappa shape index (κ2) is 2.72. The maximum Gasteiger partial charge on any atom is 0.146 e. The molecule has 0 aliphatic heterocycles. The Kier molecular flexibility index (Phi) is 1.85. The van der Waals surface area contributed by atoms with Gasteiger partial charge in [-0.1, -0.05) is 26.8 Å². The van der Waals surface area contributed by atoms with Gasteiger partial charge in [0.25, 0.3) is 0 Å². The molecule has 76 valence electrons. The molecule has 2 rings (SSSR count). The number of nitrogens with two attached hydrogens (primary N) is 1. The monoisotopic (exact) mass is 193 g/mol. The van der Waals surface area contributed by atoms with Gasteiger partial charge in [0.2, 0.25) is 0 Å². The standard InChI is InChI=1S/C12H16FN/c1-7-6-12(2,3)8-4-5-9(13)11(14)10(7)8/h4-5,7H,6,14H2,1-3H3. The molecule has 1 nitrogen and oxygen atoms in total. The molecule has 1 aliphatic rings. The third-order valence-corrected chi connectivity index (χ3v) is 3.27. The van der Waals surface area contributed by atoms with Crippen molar-refractivity contribution in [2.45, 2.75) is 38.5 Å². The summed E-state index contributed by atoms with van der Waals surface area (Å²) in [6.45, 7) is 6.49. The van der Waals surface area contributed by atoms with E-state index in [9.17, 15) is 4.39 Å². The number of fused-ring (bicyclic) bond motifs is 1. The van der Waals surface area contributed by atoms with Crippen molar-refractivity contribution in [1.29, 1.82) is 0 Å². The lowest BCUT2D eigenvalue weighted by atomic mass is 9.86. The molecule has 2 N–H and O–H groups in total. The van der Waals surface area contributed by atoms with E-state index in [4.69, 9.17) is 5.73 Å². The Labute approximate surface area is 84.1 Å². The summed E-state index contributed by atoms with van der Waals surface area (Å²) < 4.78 is 13.3. The summed E-state index contributed by atoms with van der Waals surface area (Å²) >= 11 is 0. The van der Waals surface area contributed by atoms with Crippen LogP contribution in [0, 0.1) is 5.82 Å². The lowest BCUT2D eigenvalue weighted by molar-refractivity contribution is 0.489. The van der Waals surface area contributed by atoms with E-state index in [0.29, 0.717) is 11.6 Å². The van der Waals surface area contributed by atoms with E-state index in [1.165, 1.54) is 11.6 Å². The Morgan fingerprint density at radius 2 is 2.07 bits per heavy atom. The Hall–Kier alpha value is -1.05.